The number of esters is 8. The Labute approximate surface area is 795 Å². The van der Waals surface area contributed by atoms with Crippen molar-refractivity contribution in [3.05, 3.63) is 391 Å². The number of oxime groups is 1. The van der Waals surface area contributed by atoms with Gasteiger partial charge < -0.3 is 95.9 Å². The minimum absolute atomic E-state index is 0.135. The van der Waals surface area contributed by atoms with Gasteiger partial charge in [0.1, 0.15) is 82.4 Å². The van der Waals surface area contributed by atoms with Crippen LogP contribution >= 0.6 is 0 Å². The number of benzene rings is 11. The molecule has 11 aromatic carbocycles. The summed E-state index contributed by atoms with van der Waals surface area (Å²) >= 11 is 0. The Hall–Kier alpha value is -13.8. The fourth-order valence-electron chi connectivity index (χ4n) is 14.0. The minimum Gasteiger partial charge on any atom is -0.459 e. The molecule has 3 saturated heterocycles. The van der Waals surface area contributed by atoms with E-state index < -0.39 is 146 Å². The van der Waals surface area contributed by atoms with Crippen molar-refractivity contribution in [1.82, 2.24) is 0 Å². The summed E-state index contributed by atoms with van der Waals surface area (Å²) in [5.41, 5.74) is 13.7. The third kappa shape index (κ3) is 31.4. The molecule has 718 valence electrons. The first kappa shape index (κ1) is 104. The van der Waals surface area contributed by atoms with Gasteiger partial charge in [-0.2, -0.15) is 0 Å². The molecule has 3 N–H and O–H groups in total. The van der Waals surface area contributed by atoms with E-state index in [-0.39, 0.29) is 39.6 Å². The maximum atomic E-state index is 13.0. The lowest BCUT2D eigenvalue weighted by Crippen LogP contribution is -2.46. The Balaban J connectivity index is 0.000000176. The van der Waals surface area contributed by atoms with Crippen LogP contribution in [0.15, 0.2) is 290 Å². The van der Waals surface area contributed by atoms with Crippen LogP contribution in [0.3, 0.4) is 0 Å². The van der Waals surface area contributed by atoms with E-state index in [0.29, 0.717) is 44.5 Å². The van der Waals surface area contributed by atoms with Crippen LogP contribution in [0.2, 0.25) is 0 Å². The third-order valence-corrected chi connectivity index (χ3v) is 22.0. The van der Waals surface area contributed by atoms with Crippen LogP contribution < -0.4 is 0 Å². The van der Waals surface area contributed by atoms with E-state index in [2.05, 4.69) is 5.16 Å². The molecular weight excluding hydrogens is 1760 g/mol. The highest BCUT2D eigenvalue weighted by molar-refractivity contribution is 5.93. The number of nitrogens with zero attached hydrogens (tertiary/aromatic N) is 1. The minimum atomic E-state index is -1.42. The first-order valence-electron chi connectivity index (χ1n) is 44.3. The quantitative estimate of drug-likeness (QED) is 0.0144. The smallest absolute Gasteiger partial charge is 0.338 e. The van der Waals surface area contributed by atoms with Gasteiger partial charge in [0.15, 0.2) is 43.3 Å². The van der Waals surface area contributed by atoms with Gasteiger partial charge >= 0.3 is 47.8 Å². The summed E-state index contributed by atoms with van der Waals surface area (Å²) in [6.07, 6.45) is -13.9. The lowest BCUT2D eigenvalue weighted by atomic mass is 10.1. The van der Waals surface area contributed by atoms with Crippen LogP contribution in [0.4, 0.5) is 0 Å². The number of aliphatic hydroxyl groups excluding tert-OH is 3. The Morgan fingerprint density at radius 1 is 0.328 bits per heavy atom. The van der Waals surface area contributed by atoms with E-state index in [9.17, 15) is 53.7 Å². The molecule has 137 heavy (non-hydrogen) atoms. The van der Waals surface area contributed by atoms with Crippen molar-refractivity contribution < 1.29 is 134 Å². The molecule has 3 unspecified atom stereocenters. The number of ether oxygens (including phenoxy) is 16. The monoisotopic (exact) mass is 1870 g/mol. The largest absolute Gasteiger partial charge is 0.459 e. The number of carbonyl (C=O) groups is 8. The molecule has 0 spiro atoms. The van der Waals surface area contributed by atoms with Gasteiger partial charge in [-0.1, -0.05) is 238 Å². The van der Waals surface area contributed by atoms with Crippen LogP contribution in [0.25, 0.3) is 0 Å². The summed E-state index contributed by atoms with van der Waals surface area (Å²) in [4.78, 5) is 106. The summed E-state index contributed by atoms with van der Waals surface area (Å²) in [5, 5.41) is 35.8. The lowest BCUT2D eigenvalue weighted by molar-refractivity contribution is -0.168. The number of aryl methyl sites for hydroxylation is 8. The fourth-order valence-corrected chi connectivity index (χ4v) is 14.0. The SMILES string of the molecule is CO/N=C/[C@H](OCc1ccccc1)[C@@H](OC(=O)c1ccc(C)cc1)[C@H](O)COC(=O)c1ccc(C)cc1.COC1O[C@H](COC(=O)c2ccc(C)cc2)[C@H](OC(=O)c2ccc(C)cc2)[C@H]1O.COC1O[C@H](COC(=O)c2ccc(C)cc2)[C@H](OC(=O)c2ccc(C)cc2)[C@H]1OCc1ccccc1.Cc1ccc(C(=O)OC[C@H]2OC(O)[C@H](OCc3ccccc3)[C@H]2OC(=O)c2ccc(C)cc2)cc1. The van der Waals surface area contributed by atoms with E-state index in [4.69, 9.17) is 80.6 Å². The summed E-state index contributed by atoms with van der Waals surface area (Å²) in [6.45, 7) is 15.0. The van der Waals surface area contributed by atoms with Crippen LogP contribution in [-0.2, 0) is 100 Å². The Kier molecular flexibility index (Phi) is 39.6. The van der Waals surface area contributed by atoms with Crippen molar-refractivity contribution >= 4 is 54.0 Å². The van der Waals surface area contributed by atoms with Gasteiger partial charge in [0.2, 0.25) is 0 Å². The van der Waals surface area contributed by atoms with E-state index in [1.165, 1.54) is 27.5 Å². The molecule has 0 aromatic heterocycles. The van der Waals surface area contributed by atoms with Gasteiger partial charge in [0.25, 0.3) is 0 Å². The summed E-state index contributed by atoms with van der Waals surface area (Å²) in [7, 11) is 4.22. The molecule has 0 amide bonds. The molecule has 3 heterocycles. The number of hydrogen-bond acceptors (Lipinski definition) is 29. The van der Waals surface area contributed by atoms with Crippen molar-refractivity contribution in [3.8, 4) is 0 Å². The molecule has 29 heteroatoms. The molecule has 14 rings (SSSR count). The highest BCUT2D eigenvalue weighted by Crippen LogP contribution is 2.33. The van der Waals surface area contributed by atoms with E-state index in [0.717, 1.165) is 61.2 Å². The normalized spacial score (nSPS) is 19.7. The van der Waals surface area contributed by atoms with Crippen LogP contribution in [0.5, 0.6) is 0 Å². The summed E-state index contributed by atoms with van der Waals surface area (Å²) < 4.78 is 90.1. The summed E-state index contributed by atoms with van der Waals surface area (Å²) in [6, 6.07) is 83.9. The maximum Gasteiger partial charge on any atom is 0.338 e. The molecule has 11 aromatic rings. The van der Waals surface area contributed by atoms with Gasteiger partial charge in [-0.3, -0.25) is 0 Å². The molecule has 3 fully saturated rings. The Bertz CT molecular complexity index is 5680. The molecule has 15 atom stereocenters. The number of rotatable bonds is 35. The lowest BCUT2D eigenvalue weighted by Gasteiger charge is -2.28. The second kappa shape index (κ2) is 52.3. The fraction of sp³-hybridized carbons (Fsp3) is 0.306. The first-order chi connectivity index (χ1) is 66.1. The Morgan fingerprint density at radius 3 is 0.956 bits per heavy atom. The Morgan fingerprint density at radius 2 is 0.613 bits per heavy atom. The van der Waals surface area contributed by atoms with Crippen LogP contribution in [0.1, 0.15) is 144 Å². The predicted molar refractivity (Wildman–Crippen MR) is 502 cm³/mol. The molecule has 3 aliphatic heterocycles. The second-order valence-corrected chi connectivity index (χ2v) is 32.7. The average molecular weight is 1870 g/mol. The standard InChI is InChI=1S/C29H31NO7.C29H30O7.C28H28O7.C22H24O7/c1-20-9-13-23(14-10-20)28(32)36-19-25(31)27(37-29(33)24-15-11-21(2)12-16-24)26(17-30-34-3)35-18-22-7-5-4-6-8-22;1-19-9-13-22(14-10-19)27(30)34-18-24-25(36-28(31)23-15-11-20(2)12-16-23)26(29(32-3)35-24)33-17-21-7-5-4-6-8-21;1-18-8-12-21(13-9-18)26(29)33-17-23-24(35-27(30)22-14-10-19(2)11-15-22)25(28(31)34-23)32-16-20-6-4-3-5-7-20;1-13-4-8-15(9-5-13)20(24)27-12-17-19(18(23)22(26-3)28-17)29-21(25)16-10-6-14(2)7-11-16/h4-17,25-27,31H,18-19H2,1-3H3;4-16,24-26,29H,17-18H2,1-3H3;3-15,23-25,28,31H,16-17H2,1-2H3;4-11,17-19,22-23H,12H2,1-3H3/b30-17+;;;/t25-,26+,27+;24-,25+,26-,29?;23-,24+,25-,28?;17-,18-,19+,22?/m1111/s1. The van der Waals surface area contributed by atoms with Crippen LogP contribution in [-0.4, -0.2) is 209 Å². The number of methoxy groups -OCH3 is 2. The first-order valence-corrected chi connectivity index (χ1v) is 44.3. The van der Waals surface area contributed by atoms with Gasteiger partial charge in [0.05, 0.1) is 70.5 Å². The molecule has 0 saturated carbocycles. The molecular formula is C108H113NO28. The zero-order valence-electron chi connectivity index (χ0n) is 77.8. The highest BCUT2D eigenvalue weighted by atomic mass is 16.7. The topological polar surface area (TPSA) is 367 Å². The van der Waals surface area contributed by atoms with Gasteiger partial charge in [-0.05, 0) is 169 Å². The summed E-state index contributed by atoms with van der Waals surface area (Å²) in [5.74, 6) is -4.58. The average Bonchev–Trinajstić information content (AvgIpc) is 1.60. The maximum absolute atomic E-state index is 13.0. The number of aliphatic hydroxyl groups is 3. The van der Waals surface area contributed by atoms with Crippen LogP contribution in [0, 0.1) is 55.4 Å². The molecule has 3 aliphatic rings. The molecule has 0 radical (unpaired) electrons. The van der Waals surface area contributed by atoms with Gasteiger partial charge in [0, 0.05) is 14.2 Å². The van der Waals surface area contributed by atoms with Crippen molar-refractivity contribution in [2.45, 2.75) is 167 Å². The van der Waals surface area contributed by atoms with Crippen molar-refractivity contribution in [2.24, 2.45) is 5.16 Å². The van der Waals surface area contributed by atoms with Crippen molar-refractivity contribution in [1.29, 1.82) is 0 Å². The van der Waals surface area contributed by atoms with Gasteiger partial charge in [-0.25, -0.2) is 38.4 Å². The third-order valence-electron chi connectivity index (χ3n) is 22.0. The molecule has 0 bridgehead atoms. The van der Waals surface area contributed by atoms with Crippen molar-refractivity contribution in [2.75, 3.05) is 47.8 Å². The van der Waals surface area contributed by atoms with Crippen molar-refractivity contribution in [3.63, 3.8) is 0 Å². The molecule has 0 aliphatic carbocycles. The van der Waals surface area contributed by atoms with E-state index in [1.807, 2.05) is 183 Å². The zero-order valence-corrected chi connectivity index (χ0v) is 77.8. The predicted octanol–water partition coefficient (Wildman–Crippen LogP) is 15.3. The van der Waals surface area contributed by atoms with Gasteiger partial charge in [-0.15, -0.1) is 0 Å². The highest BCUT2D eigenvalue weighted by Gasteiger charge is 2.51. The van der Waals surface area contributed by atoms with E-state index >= 15 is 0 Å². The second-order valence-electron chi connectivity index (χ2n) is 32.7. The zero-order chi connectivity index (χ0) is 97.9. The van der Waals surface area contributed by atoms with E-state index in [1.54, 1.807) is 158 Å². The molecule has 29 nitrogen and oxygen atoms in total. The number of hydrogen-bond donors (Lipinski definition) is 3. The number of carbonyl (C=O) groups excluding carboxylic acids is 8.